The first kappa shape index (κ1) is 16.1. The smallest absolute Gasteiger partial charge is 0.317 e. The van der Waals surface area contributed by atoms with Gasteiger partial charge in [0.1, 0.15) is 5.41 Å². The first-order chi connectivity index (χ1) is 11.1. The summed E-state index contributed by atoms with van der Waals surface area (Å²) in [6.07, 6.45) is 0.742. The molecule has 1 aliphatic heterocycles. The van der Waals surface area contributed by atoms with Gasteiger partial charge < -0.3 is 4.74 Å². The Kier molecular flexibility index (Phi) is 4.45. The maximum Gasteiger partial charge on any atom is 0.317 e. The fourth-order valence-corrected chi connectivity index (χ4v) is 3.99. The Bertz CT molecular complexity index is 696. The van der Waals surface area contributed by atoms with Crippen LogP contribution >= 0.6 is 11.6 Å². The number of cyclic esters (lactones) is 1. The third-order valence-electron chi connectivity index (χ3n) is 4.64. The topological polar surface area (TPSA) is 26.3 Å². The van der Waals surface area contributed by atoms with Crippen molar-refractivity contribution in [3.05, 3.63) is 70.7 Å². The van der Waals surface area contributed by atoms with Crippen LogP contribution < -0.4 is 0 Å². The summed E-state index contributed by atoms with van der Waals surface area (Å²) >= 11 is 6.44. The zero-order chi connectivity index (χ0) is 16.4. The van der Waals surface area contributed by atoms with E-state index in [1.807, 2.05) is 54.6 Å². The summed E-state index contributed by atoms with van der Waals surface area (Å²) in [5, 5.41) is 0.694. The second-order valence-corrected chi connectivity index (χ2v) is 7.02. The Morgan fingerprint density at radius 1 is 1.13 bits per heavy atom. The van der Waals surface area contributed by atoms with Crippen LogP contribution in [0.4, 0.5) is 0 Å². The average molecular weight is 329 g/mol. The molecule has 0 saturated carbocycles. The number of rotatable bonds is 4. The van der Waals surface area contributed by atoms with Crippen LogP contribution in [-0.2, 0) is 14.9 Å². The molecule has 1 aliphatic rings. The summed E-state index contributed by atoms with van der Waals surface area (Å²) in [5.74, 6) is 0.168. The van der Waals surface area contributed by atoms with Gasteiger partial charge in [-0.2, -0.15) is 0 Å². The molecule has 2 nitrogen and oxygen atoms in total. The molecule has 2 aromatic rings. The molecule has 2 aromatic carbocycles. The highest BCUT2D eigenvalue weighted by Crippen LogP contribution is 2.50. The van der Waals surface area contributed by atoms with E-state index in [4.69, 9.17) is 16.3 Å². The van der Waals surface area contributed by atoms with Crippen molar-refractivity contribution in [1.29, 1.82) is 0 Å². The summed E-state index contributed by atoms with van der Waals surface area (Å²) in [6.45, 7) is 4.66. The van der Waals surface area contributed by atoms with E-state index in [2.05, 4.69) is 13.8 Å². The molecule has 0 amide bonds. The molecule has 0 radical (unpaired) electrons. The highest BCUT2D eigenvalue weighted by atomic mass is 35.5. The SMILES string of the molecule is CC(C)CC1(c2ccccc2)C(=O)OCC1c1ccccc1Cl. The maximum absolute atomic E-state index is 12.9. The second kappa shape index (κ2) is 6.37. The van der Waals surface area contributed by atoms with E-state index in [-0.39, 0.29) is 11.9 Å². The predicted molar refractivity (Wildman–Crippen MR) is 92.7 cm³/mol. The van der Waals surface area contributed by atoms with Gasteiger partial charge in [-0.3, -0.25) is 4.79 Å². The van der Waals surface area contributed by atoms with Crippen molar-refractivity contribution >= 4 is 17.6 Å². The van der Waals surface area contributed by atoms with Crippen LogP contribution in [0, 0.1) is 5.92 Å². The Morgan fingerprint density at radius 3 is 2.43 bits per heavy atom. The van der Waals surface area contributed by atoms with Gasteiger partial charge in [0.15, 0.2) is 0 Å². The van der Waals surface area contributed by atoms with Gasteiger partial charge in [0.25, 0.3) is 0 Å². The van der Waals surface area contributed by atoms with Gasteiger partial charge in [-0.15, -0.1) is 0 Å². The molecule has 0 aromatic heterocycles. The zero-order valence-corrected chi connectivity index (χ0v) is 14.2. The van der Waals surface area contributed by atoms with Crippen LogP contribution in [-0.4, -0.2) is 12.6 Å². The maximum atomic E-state index is 12.9. The van der Waals surface area contributed by atoms with Crippen LogP contribution in [0.25, 0.3) is 0 Å². The number of carbonyl (C=O) groups is 1. The van der Waals surface area contributed by atoms with Crippen molar-refractivity contribution in [2.24, 2.45) is 5.92 Å². The highest BCUT2D eigenvalue weighted by molar-refractivity contribution is 6.31. The van der Waals surface area contributed by atoms with Crippen molar-refractivity contribution in [2.45, 2.75) is 31.6 Å². The van der Waals surface area contributed by atoms with E-state index in [0.29, 0.717) is 17.5 Å². The number of hydrogen-bond acceptors (Lipinski definition) is 2. The lowest BCUT2D eigenvalue weighted by atomic mass is 9.65. The van der Waals surface area contributed by atoms with Crippen LogP contribution in [0.15, 0.2) is 54.6 Å². The van der Waals surface area contributed by atoms with Crippen LogP contribution in [0.3, 0.4) is 0 Å². The van der Waals surface area contributed by atoms with Crippen LogP contribution in [0.5, 0.6) is 0 Å². The quantitative estimate of drug-likeness (QED) is 0.741. The molecule has 2 atom stereocenters. The largest absolute Gasteiger partial charge is 0.464 e. The van der Waals surface area contributed by atoms with Crippen molar-refractivity contribution in [1.82, 2.24) is 0 Å². The van der Waals surface area contributed by atoms with E-state index < -0.39 is 5.41 Å². The third-order valence-corrected chi connectivity index (χ3v) is 4.98. The number of carbonyl (C=O) groups excluding carboxylic acids is 1. The van der Waals surface area contributed by atoms with Crippen LogP contribution in [0.1, 0.15) is 37.3 Å². The summed E-state index contributed by atoms with van der Waals surface area (Å²) in [4.78, 5) is 12.9. The lowest BCUT2D eigenvalue weighted by molar-refractivity contribution is -0.143. The molecule has 120 valence electrons. The number of esters is 1. The molecule has 1 fully saturated rings. The minimum atomic E-state index is -0.666. The monoisotopic (exact) mass is 328 g/mol. The molecule has 2 unspecified atom stereocenters. The Morgan fingerprint density at radius 2 is 1.78 bits per heavy atom. The standard InChI is InChI=1S/C20H21ClO2/c1-14(2)12-20(15-8-4-3-5-9-15)17(13-23-19(20)22)16-10-6-7-11-18(16)21/h3-11,14,17H,12-13H2,1-2H3. The predicted octanol–water partition coefficient (Wildman–Crippen LogP) is 4.96. The van der Waals surface area contributed by atoms with Crippen molar-refractivity contribution in [2.75, 3.05) is 6.61 Å². The number of hydrogen-bond donors (Lipinski definition) is 0. The second-order valence-electron chi connectivity index (χ2n) is 6.61. The fourth-order valence-electron chi connectivity index (χ4n) is 3.73. The fraction of sp³-hybridized carbons (Fsp3) is 0.350. The molecule has 1 heterocycles. The number of halogens is 1. The first-order valence-corrected chi connectivity index (χ1v) is 8.40. The highest BCUT2D eigenvalue weighted by Gasteiger charge is 2.54. The van der Waals surface area contributed by atoms with Gasteiger partial charge >= 0.3 is 5.97 Å². The van der Waals surface area contributed by atoms with E-state index in [1.165, 1.54) is 0 Å². The summed E-state index contributed by atoms with van der Waals surface area (Å²) < 4.78 is 5.55. The normalized spacial score (nSPS) is 24.0. The lowest BCUT2D eigenvalue weighted by Crippen LogP contribution is -2.38. The van der Waals surface area contributed by atoms with E-state index >= 15 is 0 Å². The van der Waals surface area contributed by atoms with E-state index in [1.54, 1.807) is 0 Å². The lowest BCUT2D eigenvalue weighted by Gasteiger charge is -2.33. The van der Waals surface area contributed by atoms with Gasteiger partial charge in [-0.1, -0.05) is 74.0 Å². The molecule has 0 bridgehead atoms. The molecule has 3 rings (SSSR count). The van der Waals surface area contributed by atoms with E-state index in [0.717, 1.165) is 17.5 Å². The van der Waals surface area contributed by atoms with Gasteiger partial charge in [0.2, 0.25) is 0 Å². The van der Waals surface area contributed by atoms with Crippen molar-refractivity contribution in [3.63, 3.8) is 0 Å². The molecule has 0 aliphatic carbocycles. The Hall–Kier alpha value is -1.80. The van der Waals surface area contributed by atoms with Gasteiger partial charge in [0.05, 0.1) is 6.61 Å². The van der Waals surface area contributed by atoms with Crippen molar-refractivity contribution in [3.8, 4) is 0 Å². The average Bonchev–Trinajstić information content (AvgIpc) is 2.86. The molecule has 0 N–H and O–H groups in total. The van der Waals surface area contributed by atoms with Gasteiger partial charge in [-0.05, 0) is 29.5 Å². The van der Waals surface area contributed by atoms with Gasteiger partial charge in [0, 0.05) is 10.9 Å². The molecular formula is C20H21ClO2. The summed E-state index contributed by atoms with van der Waals surface area (Å²) in [7, 11) is 0. The van der Waals surface area contributed by atoms with E-state index in [9.17, 15) is 4.79 Å². The minimum absolute atomic E-state index is 0.0616. The summed E-state index contributed by atoms with van der Waals surface area (Å²) in [5.41, 5.74) is 1.34. The minimum Gasteiger partial charge on any atom is -0.464 e. The van der Waals surface area contributed by atoms with Crippen LogP contribution in [0.2, 0.25) is 5.02 Å². The molecule has 0 spiro atoms. The first-order valence-electron chi connectivity index (χ1n) is 8.03. The van der Waals surface area contributed by atoms with Crippen molar-refractivity contribution < 1.29 is 9.53 Å². The van der Waals surface area contributed by atoms with Gasteiger partial charge in [-0.25, -0.2) is 0 Å². The molecular weight excluding hydrogens is 308 g/mol. The molecule has 1 saturated heterocycles. The molecule has 3 heteroatoms. The molecule has 23 heavy (non-hydrogen) atoms. The number of ether oxygens (including phenoxy) is 1. The third kappa shape index (κ3) is 2.76. The Labute approximate surface area is 142 Å². The number of benzene rings is 2. The summed E-state index contributed by atoms with van der Waals surface area (Å²) in [6, 6.07) is 17.7. The Balaban J connectivity index is 2.18. The zero-order valence-electron chi connectivity index (χ0n) is 13.5.